The summed E-state index contributed by atoms with van der Waals surface area (Å²) in [6.07, 6.45) is 1.30. The van der Waals surface area contributed by atoms with Gasteiger partial charge in [0, 0.05) is 54.8 Å². The third-order valence-electron chi connectivity index (χ3n) is 5.89. The van der Waals surface area contributed by atoms with Gasteiger partial charge in [-0.1, -0.05) is 11.6 Å². The molecule has 3 aliphatic rings. The Labute approximate surface area is 201 Å². The molecule has 1 aromatic heterocycles. The van der Waals surface area contributed by atoms with E-state index in [1.807, 2.05) is 25.7 Å². The average Bonchev–Trinajstić information content (AvgIpc) is 3.33. The number of piperazine rings is 1. The molecule has 3 aliphatic heterocycles. The molecule has 5 rings (SSSR count). The number of amides is 2. The molecule has 4 heterocycles. The summed E-state index contributed by atoms with van der Waals surface area (Å²) in [6, 6.07) is 4.13. The van der Waals surface area contributed by atoms with E-state index in [0.717, 1.165) is 5.56 Å². The van der Waals surface area contributed by atoms with E-state index in [9.17, 15) is 14.0 Å². The van der Waals surface area contributed by atoms with Gasteiger partial charge in [0.15, 0.2) is 0 Å². The Balaban J connectivity index is 1.39. The van der Waals surface area contributed by atoms with E-state index in [1.165, 1.54) is 18.2 Å². The van der Waals surface area contributed by atoms with Gasteiger partial charge in [0.2, 0.25) is 0 Å². The molecule has 0 spiro atoms. The molecule has 1 aromatic carbocycles. The van der Waals surface area contributed by atoms with E-state index in [0.29, 0.717) is 59.6 Å². The quantitative estimate of drug-likeness (QED) is 0.606. The van der Waals surface area contributed by atoms with E-state index < -0.39 is 11.4 Å². The Morgan fingerprint density at radius 1 is 1.21 bits per heavy atom. The Morgan fingerprint density at radius 3 is 2.65 bits per heavy atom. The van der Waals surface area contributed by atoms with Crippen LogP contribution < -0.4 is 10.2 Å². The van der Waals surface area contributed by atoms with Gasteiger partial charge in [-0.2, -0.15) is 0 Å². The lowest BCUT2D eigenvalue weighted by molar-refractivity contribution is -0.110. The minimum atomic E-state index is -0.548. The van der Waals surface area contributed by atoms with Gasteiger partial charge in [0.25, 0.3) is 5.91 Å². The number of benzene rings is 1. The van der Waals surface area contributed by atoms with Gasteiger partial charge >= 0.3 is 6.09 Å². The minimum absolute atomic E-state index is 0.179. The van der Waals surface area contributed by atoms with Crippen LogP contribution in [0.2, 0.25) is 5.02 Å². The molecular weight excluding hydrogens is 463 g/mol. The zero-order chi connectivity index (χ0) is 24.2. The van der Waals surface area contributed by atoms with Gasteiger partial charge in [-0.3, -0.25) is 4.79 Å². The maximum absolute atomic E-state index is 13.9. The number of nitrogens with zero attached hydrogens (tertiary/aromatic N) is 3. The molecule has 8 nitrogen and oxygen atoms in total. The predicted octanol–water partition coefficient (Wildman–Crippen LogP) is 4.28. The first-order valence-electron chi connectivity index (χ1n) is 11.0. The molecule has 2 amide bonds. The van der Waals surface area contributed by atoms with Crippen LogP contribution in [0, 0.1) is 5.82 Å². The lowest BCUT2D eigenvalue weighted by atomic mass is 10.0. The fourth-order valence-corrected chi connectivity index (χ4v) is 4.62. The highest BCUT2D eigenvalue weighted by molar-refractivity contribution is 6.37. The lowest BCUT2D eigenvalue weighted by Gasteiger charge is -2.36. The molecule has 0 aliphatic carbocycles. The predicted molar refractivity (Wildman–Crippen MR) is 126 cm³/mol. The van der Waals surface area contributed by atoms with Crippen molar-refractivity contribution in [2.45, 2.75) is 33.0 Å². The highest BCUT2D eigenvalue weighted by Crippen LogP contribution is 2.44. The summed E-state index contributed by atoms with van der Waals surface area (Å²) in [5.74, 6) is 0.138. The number of fused-ring (bicyclic) bond motifs is 2. The standard InChI is InChI=1S/C24H24ClFN4O4/c1-24(2,3)34-23(32)30-8-6-29(7-9-30)21-19(25)16-12-33-20(15(16)11-27-21)18-14-10-13(26)4-5-17(14)28-22(18)31/h4-5,10-11H,6-9,12H2,1-3H3,(H,28,31). The summed E-state index contributed by atoms with van der Waals surface area (Å²) >= 11 is 6.73. The van der Waals surface area contributed by atoms with E-state index in [2.05, 4.69) is 10.3 Å². The molecule has 2 aromatic rings. The fraction of sp³-hybridized carbons (Fsp3) is 0.375. The van der Waals surface area contributed by atoms with Crippen molar-refractivity contribution in [1.82, 2.24) is 9.88 Å². The normalized spacial score (nSPS) is 19.5. The fourth-order valence-electron chi connectivity index (χ4n) is 4.29. The number of halogens is 2. The van der Waals surface area contributed by atoms with Crippen LogP contribution in [0.4, 0.5) is 20.7 Å². The van der Waals surface area contributed by atoms with Gasteiger partial charge in [-0.15, -0.1) is 0 Å². The molecule has 0 saturated carbocycles. The van der Waals surface area contributed by atoms with Crippen molar-refractivity contribution in [3.63, 3.8) is 0 Å². The maximum Gasteiger partial charge on any atom is 0.410 e. The summed E-state index contributed by atoms with van der Waals surface area (Å²) < 4.78 is 25.2. The minimum Gasteiger partial charge on any atom is -0.487 e. The number of rotatable bonds is 1. The second-order valence-electron chi connectivity index (χ2n) is 9.38. The van der Waals surface area contributed by atoms with Crippen molar-refractivity contribution in [1.29, 1.82) is 0 Å². The maximum atomic E-state index is 13.9. The van der Waals surface area contributed by atoms with Crippen molar-refractivity contribution >= 4 is 46.4 Å². The van der Waals surface area contributed by atoms with Crippen molar-refractivity contribution in [3.05, 3.63) is 51.9 Å². The molecule has 0 unspecified atom stereocenters. The van der Waals surface area contributed by atoms with Gasteiger partial charge in [-0.25, -0.2) is 14.2 Å². The largest absolute Gasteiger partial charge is 0.487 e. The molecule has 178 valence electrons. The molecule has 10 heteroatoms. The second-order valence-corrected chi connectivity index (χ2v) is 9.76. The van der Waals surface area contributed by atoms with Crippen LogP contribution in [0.5, 0.6) is 0 Å². The monoisotopic (exact) mass is 486 g/mol. The third kappa shape index (κ3) is 3.94. The second kappa shape index (κ2) is 8.16. The first kappa shape index (κ1) is 22.5. The topological polar surface area (TPSA) is 84.0 Å². The number of pyridine rings is 1. The van der Waals surface area contributed by atoms with E-state index in [4.69, 9.17) is 21.1 Å². The number of nitrogens with one attached hydrogen (secondary N) is 1. The molecule has 0 atom stereocenters. The number of aromatic nitrogens is 1. The van der Waals surface area contributed by atoms with E-state index in [-0.39, 0.29) is 24.2 Å². The van der Waals surface area contributed by atoms with Crippen LogP contribution in [0.1, 0.15) is 37.5 Å². The number of hydrogen-bond acceptors (Lipinski definition) is 6. The number of hydrogen-bond donors (Lipinski definition) is 1. The molecule has 1 fully saturated rings. The SMILES string of the molecule is CC(C)(C)OC(=O)N1CCN(c2ncc3c(c2Cl)COC3=C2C(=O)Nc3ccc(F)cc32)CC1. The van der Waals surface area contributed by atoms with E-state index >= 15 is 0 Å². The van der Waals surface area contributed by atoms with Crippen LogP contribution in [-0.2, 0) is 20.9 Å². The summed E-state index contributed by atoms with van der Waals surface area (Å²) in [5.41, 5.74) is 2.04. The van der Waals surface area contributed by atoms with Crippen molar-refractivity contribution in [2.24, 2.45) is 0 Å². The molecule has 1 N–H and O–H groups in total. The summed E-state index contributed by atoms with van der Waals surface area (Å²) in [6.45, 7) is 7.76. The lowest BCUT2D eigenvalue weighted by Crippen LogP contribution is -2.50. The van der Waals surface area contributed by atoms with Gasteiger partial charge in [0.05, 0.1) is 10.6 Å². The molecule has 34 heavy (non-hydrogen) atoms. The number of carbonyl (C=O) groups excluding carboxylic acids is 2. The Hall–Kier alpha value is -3.33. The van der Waals surface area contributed by atoms with Crippen LogP contribution in [-0.4, -0.2) is 53.7 Å². The highest BCUT2D eigenvalue weighted by atomic mass is 35.5. The molecule has 0 bridgehead atoms. The third-order valence-corrected chi connectivity index (χ3v) is 6.29. The first-order valence-corrected chi connectivity index (χ1v) is 11.4. The Kier molecular flexibility index (Phi) is 5.39. The summed E-state index contributed by atoms with van der Waals surface area (Å²) in [4.78, 5) is 33.2. The highest BCUT2D eigenvalue weighted by Gasteiger charge is 2.35. The van der Waals surface area contributed by atoms with Gasteiger partial charge in [-0.05, 0) is 39.0 Å². The average molecular weight is 487 g/mol. The van der Waals surface area contributed by atoms with E-state index in [1.54, 1.807) is 11.1 Å². The zero-order valence-electron chi connectivity index (χ0n) is 19.1. The van der Waals surface area contributed by atoms with Crippen LogP contribution >= 0.6 is 11.6 Å². The molecule has 1 saturated heterocycles. The number of carbonyl (C=O) groups is 2. The van der Waals surface area contributed by atoms with Crippen molar-refractivity contribution < 1.29 is 23.5 Å². The van der Waals surface area contributed by atoms with Crippen LogP contribution in [0.25, 0.3) is 11.3 Å². The first-order chi connectivity index (χ1) is 16.1. The molecular formula is C24H24ClFN4O4. The van der Waals surface area contributed by atoms with Gasteiger partial charge < -0.3 is 24.6 Å². The van der Waals surface area contributed by atoms with Crippen molar-refractivity contribution in [2.75, 3.05) is 36.4 Å². The van der Waals surface area contributed by atoms with Crippen molar-refractivity contribution in [3.8, 4) is 0 Å². The Morgan fingerprint density at radius 2 is 1.94 bits per heavy atom. The van der Waals surface area contributed by atoms with Crippen LogP contribution in [0.3, 0.4) is 0 Å². The molecule has 0 radical (unpaired) electrons. The van der Waals surface area contributed by atoms with Gasteiger partial charge in [0.1, 0.15) is 29.6 Å². The number of anilines is 2. The smallest absolute Gasteiger partial charge is 0.410 e. The van der Waals surface area contributed by atoms with Crippen LogP contribution in [0.15, 0.2) is 24.4 Å². The Bertz CT molecular complexity index is 1230. The summed E-state index contributed by atoms with van der Waals surface area (Å²) in [7, 11) is 0. The zero-order valence-corrected chi connectivity index (χ0v) is 19.8. The number of ether oxygens (including phenoxy) is 2. The summed E-state index contributed by atoms with van der Waals surface area (Å²) in [5, 5.41) is 3.18.